The smallest absolute Gasteiger partial charge is 0.249 e. The summed E-state index contributed by atoms with van der Waals surface area (Å²) in [5, 5.41) is 43.4. The number of amides is 1. The minimum absolute atomic E-state index is 0.361. The van der Waals surface area contributed by atoms with E-state index < -0.39 is 36.9 Å². The molecule has 6 nitrogen and oxygen atoms in total. The maximum Gasteiger partial charge on any atom is 0.249 e. The van der Waals surface area contributed by atoms with Gasteiger partial charge in [0.1, 0.15) is 12.2 Å². The minimum atomic E-state index is -1.28. The highest BCUT2D eigenvalue weighted by atomic mass is 16.3. The normalized spacial score (nSPS) is 14.6. The van der Waals surface area contributed by atoms with Gasteiger partial charge in [-0.25, -0.2) is 0 Å². The molecule has 0 heterocycles. The monoisotopic (exact) mass is 666 g/mol. The molecule has 6 heteroatoms. The fourth-order valence-corrected chi connectivity index (χ4v) is 6.12. The molecule has 4 atom stereocenters. The van der Waals surface area contributed by atoms with Crippen molar-refractivity contribution in [3.63, 3.8) is 0 Å². The van der Waals surface area contributed by atoms with E-state index in [4.69, 9.17) is 0 Å². The molecule has 0 saturated carbocycles. The molecule has 278 valence electrons. The van der Waals surface area contributed by atoms with E-state index in [2.05, 4.69) is 43.5 Å². The van der Waals surface area contributed by atoms with Gasteiger partial charge >= 0.3 is 0 Å². The molecule has 0 spiro atoms. The second-order valence-electron chi connectivity index (χ2n) is 14.0. The van der Waals surface area contributed by atoms with Crippen molar-refractivity contribution in [2.24, 2.45) is 0 Å². The van der Waals surface area contributed by atoms with Crippen molar-refractivity contribution < 1.29 is 25.2 Å². The van der Waals surface area contributed by atoms with Crippen molar-refractivity contribution in [3.05, 3.63) is 24.3 Å². The Morgan fingerprint density at radius 1 is 0.511 bits per heavy atom. The van der Waals surface area contributed by atoms with Crippen LogP contribution in [-0.2, 0) is 4.79 Å². The molecule has 0 radical (unpaired) electrons. The molecule has 0 aliphatic heterocycles. The second-order valence-corrected chi connectivity index (χ2v) is 14.0. The summed E-state index contributed by atoms with van der Waals surface area (Å²) in [6.07, 6.45) is 39.4. The second kappa shape index (κ2) is 36.1. The van der Waals surface area contributed by atoms with Crippen LogP contribution in [0.3, 0.4) is 0 Å². The third kappa shape index (κ3) is 30.6. The van der Waals surface area contributed by atoms with Gasteiger partial charge in [0.15, 0.2) is 0 Å². The number of unbranched alkanes of at least 4 members (excludes halogenated alkanes) is 23. The Labute approximate surface area is 291 Å². The molecule has 0 aromatic carbocycles. The topological polar surface area (TPSA) is 110 Å². The zero-order chi connectivity index (χ0) is 34.6. The van der Waals surface area contributed by atoms with E-state index in [1.807, 2.05) is 0 Å². The maximum absolute atomic E-state index is 12.4. The number of rotatable bonds is 36. The predicted octanol–water partition coefficient (Wildman–Crippen LogP) is 10.0. The Bertz CT molecular complexity index is 712. The lowest BCUT2D eigenvalue weighted by Crippen LogP contribution is -2.53. The number of nitrogens with one attached hydrogen (secondary N) is 1. The molecule has 0 fully saturated rings. The van der Waals surface area contributed by atoms with E-state index >= 15 is 0 Å². The standard InChI is InChI=1S/C41H79NO5/c1-3-5-7-9-11-13-14-15-16-17-18-19-20-21-22-23-24-25-27-28-30-32-34-38(44)40(46)37(36-43)42-41(47)39(45)35-33-31-29-26-12-10-8-6-4-2/h22-23,27-28,37-40,43-46H,3-21,24-26,29-36H2,1-2H3,(H,42,47)/b23-22+,28-27+. The molecule has 0 saturated heterocycles. The van der Waals surface area contributed by atoms with E-state index in [0.717, 1.165) is 38.5 Å². The van der Waals surface area contributed by atoms with Crippen LogP contribution < -0.4 is 5.32 Å². The first-order valence-electron chi connectivity index (χ1n) is 20.2. The lowest BCUT2D eigenvalue weighted by molar-refractivity contribution is -0.132. The Hall–Kier alpha value is -1.21. The van der Waals surface area contributed by atoms with Crippen LogP contribution in [0.25, 0.3) is 0 Å². The van der Waals surface area contributed by atoms with Crippen molar-refractivity contribution >= 4 is 5.91 Å². The Balaban J connectivity index is 3.79. The average Bonchev–Trinajstić information content (AvgIpc) is 3.07. The van der Waals surface area contributed by atoms with Crippen LogP contribution in [0.15, 0.2) is 24.3 Å². The fourth-order valence-electron chi connectivity index (χ4n) is 6.12. The van der Waals surface area contributed by atoms with Gasteiger partial charge in [0.2, 0.25) is 5.91 Å². The number of allylic oxidation sites excluding steroid dienone is 4. The molecule has 0 aliphatic rings. The van der Waals surface area contributed by atoms with Crippen LogP contribution in [0.4, 0.5) is 0 Å². The maximum atomic E-state index is 12.4. The van der Waals surface area contributed by atoms with E-state index in [0.29, 0.717) is 19.3 Å². The molecule has 0 rings (SSSR count). The summed E-state index contributed by atoms with van der Waals surface area (Å²) < 4.78 is 0. The van der Waals surface area contributed by atoms with E-state index in [-0.39, 0.29) is 0 Å². The molecule has 5 N–H and O–H groups in total. The van der Waals surface area contributed by atoms with Gasteiger partial charge in [-0.2, -0.15) is 0 Å². The Morgan fingerprint density at radius 2 is 0.894 bits per heavy atom. The van der Waals surface area contributed by atoms with Crippen molar-refractivity contribution in [1.82, 2.24) is 5.32 Å². The molecule has 1 amide bonds. The van der Waals surface area contributed by atoms with Gasteiger partial charge in [0.25, 0.3) is 0 Å². The Kier molecular flexibility index (Phi) is 35.2. The molecule has 47 heavy (non-hydrogen) atoms. The van der Waals surface area contributed by atoms with Crippen molar-refractivity contribution in [3.8, 4) is 0 Å². The van der Waals surface area contributed by atoms with E-state index in [1.165, 1.54) is 128 Å². The molecule has 0 aliphatic carbocycles. The van der Waals surface area contributed by atoms with Crippen molar-refractivity contribution in [2.45, 2.75) is 224 Å². The quantitative estimate of drug-likeness (QED) is 0.0338. The number of hydrogen-bond acceptors (Lipinski definition) is 5. The summed E-state index contributed by atoms with van der Waals surface area (Å²) in [4.78, 5) is 12.4. The van der Waals surface area contributed by atoms with Crippen LogP contribution in [0, 0.1) is 0 Å². The first-order chi connectivity index (χ1) is 23.0. The molecular formula is C41H79NO5. The van der Waals surface area contributed by atoms with Crippen LogP contribution >= 0.6 is 0 Å². The van der Waals surface area contributed by atoms with Gasteiger partial charge in [-0.3, -0.25) is 4.79 Å². The molecule has 0 bridgehead atoms. The van der Waals surface area contributed by atoms with E-state index in [9.17, 15) is 25.2 Å². The largest absolute Gasteiger partial charge is 0.394 e. The molecule has 0 aromatic rings. The third-order valence-electron chi connectivity index (χ3n) is 9.39. The highest BCUT2D eigenvalue weighted by Gasteiger charge is 2.28. The van der Waals surface area contributed by atoms with Gasteiger partial charge < -0.3 is 25.7 Å². The van der Waals surface area contributed by atoms with Gasteiger partial charge in [0, 0.05) is 0 Å². The SMILES string of the molecule is CCCCCCCCCCCCCCC/C=C/CC/C=C/CCCC(O)C(O)C(CO)NC(=O)C(O)CCCCCCCCCCC. The summed E-state index contributed by atoms with van der Waals surface area (Å²) in [5.74, 6) is -0.601. The molecule has 0 aromatic heterocycles. The lowest BCUT2D eigenvalue weighted by Gasteiger charge is -2.27. The van der Waals surface area contributed by atoms with Gasteiger partial charge in [-0.05, 0) is 51.4 Å². The number of aliphatic hydroxyl groups is 4. The van der Waals surface area contributed by atoms with Gasteiger partial charge in [-0.1, -0.05) is 173 Å². The molecule has 4 unspecified atom stereocenters. The van der Waals surface area contributed by atoms with Crippen molar-refractivity contribution in [1.29, 1.82) is 0 Å². The Morgan fingerprint density at radius 3 is 1.34 bits per heavy atom. The highest BCUT2D eigenvalue weighted by molar-refractivity contribution is 5.80. The zero-order valence-electron chi connectivity index (χ0n) is 31.0. The summed E-state index contributed by atoms with van der Waals surface area (Å²) >= 11 is 0. The summed E-state index contributed by atoms with van der Waals surface area (Å²) in [6.45, 7) is 4.00. The molecular weight excluding hydrogens is 586 g/mol. The van der Waals surface area contributed by atoms with Crippen LogP contribution in [-0.4, -0.2) is 57.3 Å². The average molecular weight is 666 g/mol. The number of carbonyl (C=O) groups excluding carboxylic acids is 1. The van der Waals surface area contributed by atoms with E-state index in [1.54, 1.807) is 0 Å². The minimum Gasteiger partial charge on any atom is -0.394 e. The predicted molar refractivity (Wildman–Crippen MR) is 201 cm³/mol. The zero-order valence-corrected chi connectivity index (χ0v) is 31.0. The number of hydrogen-bond donors (Lipinski definition) is 5. The van der Waals surface area contributed by atoms with Gasteiger partial charge in [-0.15, -0.1) is 0 Å². The third-order valence-corrected chi connectivity index (χ3v) is 9.39. The number of carbonyl (C=O) groups is 1. The van der Waals surface area contributed by atoms with Crippen LogP contribution in [0.2, 0.25) is 0 Å². The fraction of sp³-hybridized carbons (Fsp3) is 0.878. The van der Waals surface area contributed by atoms with Crippen LogP contribution in [0.1, 0.15) is 200 Å². The first-order valence-corrected chi connectivity index (χ1v) is 20.2. The highest BCUT2D eigenvalue weighted by Crippen LogP contribution is 2.15. The van der Waals surface area contributed by atoms with Crippen LogP contribution in [0.5, 0.6) is 0 Å². The summed E-state index contributed by atoms with van der Waals surface area (Å²) in [5.41, 5.74) is 0. The summed E-state index contributed by atoms with van der Waals surface area (Å²) in [7, 11) is 0. The number of aliphatic hydroxyl groups excluding tert-OH is 4. The van der Waals surface area contributed by atoms with Gasteiger partial charge in [0.05, 0.1) is 18.8 Å². The lowest BCUT2D eigenvalue weighted by atomic mass is 10.00. The summed E-state index contributed by atoms with van der Waals surface area (Å²) in [6, 6.07) is -1.00. The van der Waals surface area contributed by atoms with Crippen molar-refractivity contribution in [2.75, 3.05) is 6.61 Å². The first kappa shape index (κ1) is 45.8.